The fourth-order valence-corrected chi connectivity index (χ4v) is 3.25. The summed E-state index contributed by atoms with van der Waals surface area (Å²) >= 11 is 0. The van der Waals surface area contributed by atoms with Crippen LogP contribution in [0, 0.1) is 11.3 Å². The first-order valence-electron chi connectivity index (χ1n) is 7.11. The third-order valence-corrected chi connectivity index (χ3v) is 5.29. The molecule has 2 nitrogen and oxygen atoms in total. The van der Waals surface area contributed by atoms with Gasteiger partial charge in [0.15, 0.2) is 6.29 Å². The third-order valence-electron chi connectivity index (χ3n) is 5.29. The Bertz CT molecular complexity index is 270. The highest BCUT2D eigenvalue weighted by Crippen LogP contribution is 2.54. The molecule has 0 aliphatic carbocycles. The van der Waals surface area contributed by atoms with Crippen LogP contribution in [0.3, 0.4) is 0 Å². The number of hydrogen-bond acceptors (Lipinski definition) is 2. The average Bonchev–Trinajstić information content (AvgIpc) is 2.69. The van der Waals surface area contributed by atoms with Crippen LogP contribution in [0.5, 0.6) is 0 Å². The summed E-state index contributed by atoms with van der Waals surface area (Å²) in [5.41, 5.74) is 0.242. The van der Waals surface area contributed by atoms with Gasteiger partial charge in [-0.15, -0.1) is 0 Å². The molecule has 2 aliphatic heterocycles. The van der Waals surface area contributed by atoms with Gasteiger partial charge in [-0.25, -0.2) is 0 Å². The fourth-order valence-electron chi connectivity index (χ4n) is 3.25. The summed E-state index contributed by atoms with van der Waals surface area (Å²) in [5, 5.41) is 0. The number of hydrogen-bond donors (Lipinski definition) is 0. The maximum atomic E-state index is 6.27. The van der Waals surface area contributed by atoms with Crippen molar-refractivity contribution in [2.75, 3.05) is 0 Å². The second kappa shape index (κ2) is 3.96. The summed E-state index contributed by atoms with van der Waals surface area (Å²) in [5.74, 6) is 0.596. The first-order chi connectivity index (χ1) is 7.75. The summed E-state index contributed by atoms with van der Waals surface area (Å²) in [4.78, 5) is 0. The van der Waals surface area contributed by atoms with Gasteiger partial charge >= 0.3 is 0 Å². The van der Waals surface area contributed by atoms with Crippen molar-refractivity contribution in [3.63, 3.8) is 0 Å². The normalized spacial score (nSPS) is 40.6. The number of rotatable bonds is 2. The van der Waals surface area contributed by atoms with Crippen LogP contribution >= 0.6 is 0 Å². The zero-order valence-electron chi connectivity index (χ0n) is 12.3. The van der Waals surface area contributed by atoms with Crippen molar-refractivity contribution in [2.24, 2.45) is 11.3 Å². The Morgan fingerprint density at radius 2 is 1.65 bits per heavy atom. The molecule has 0 spiro atoms. The quantitative estimate of drug-likeness (QED) is 0.722. The Labute approximate surface area is 106 Å². The van der Waals surface area contributed by atoms with Gasteiger partial charge in [0.05, 0.1) is 11.2 Å². The Hall–Kier alpha value is -0.0800. The van der Waals surface area contributed by atoms with Gasteiger partial charge in [0.2, 0.25) is 0 Å². The molecule has 0 aromatic heterocycles. The fraction of sp³-hybridized carbons (Fsp3) is 1.00. The lowest BCUT2D eigenvalue weighted by Gasteiger charge is -2.40. The van der Waals surface area contributed by atoms with Crippen LogP contribution in [0.4, 0.5) is 0 Å². The van der Waals surface area contributed by atoms with Crippen LogP contribution in [0.25, 0.3) is 0 Å². The lowest BCUT2D eigenvalue weighted by molar-refractivity contribution is -0.218. The van der Waals surface area contributed by atoms with Crippen molar-refractivity contribution in [1.29, 1.82) is 0 Å². The van der Waals surface area contributed by atoms with E-state index in [0.717, 1.165) is 19.3 Å². The van der Waals surface area contributed by atoms with Gasteiger partial charge in [-0.05, 0) is 38.0 Å². The van der Waals surface area contributed by atoms with Gasteiger partial charge in [0.25, 0.3) is 0 Å². The topological polar surface area (TPSA) is 18.5 Å². The molecule has 100 valence electrons. The molecule has 0 aromatic rings. The van der Waals surface area contributed by atoms with E-state index in [2.05, 4.69) is 41.5 Å². The molecular weight excluding hydrogens is 212 g/mol. The van der Waals surface area contributed by atoms with Crippen LogP contribution in [-0.4, -0.2) is 17.5 Å². The highest BCUT2D eigenvalue weighted by atomic mass is 16.7. The molecule has 2 rings (SSSR count). The van der Waals surface area contributed by atoms with Crippen molar-refractivity contribution in [3.8, 4) is 0 Å². The van der Waals surface area contributed by atoms with Crippen molar-refractivity contribution >= 4 is 0 Å². The van der Waals surface area contributed by atoms with Crippen LogP contribution < -0.4 is 0 Å². The van der Waals surface area contributed by atoms with E-state index in [9.17, 15) is 0 Å². The summed E-state index contributed by atoms with van der Waals surface area (Å²) in [6, 6.07) is 0. The maximum Gasteiger partial charge on any atom is 0.162 e. The zero-order chi connectivity index (χ0) is 12.9. The lowest BCUT2D eigenvalue weighted by atomic mass is 9.73. The molecule has 0 amide bonds. The molecule has 0 unspecified atom stereocenters. The lowest BCUT2D eigenvalue weighted by Crippen LogP contribution is -2.41. The second-order valence-electron chi connectivity index (χ2n) is 7.14. The Morgan fingerprint density at radius 3 is 2.06 bits per heavy atom. The maximum absolute atomic E-state index is 6.27. The average molecular weight is 240 g/mol. The number of fused-ring (bicyclic) bond motifs is 1. The van der Waals surface area contributed by atoms with Crippen LogP contribution in [0.15, 0.2) is 0 Å². The van der Waals surface area contributed by atoms with Gasteiger partial charge < -0.3 is 9.47 Å². The summed E-state index contributed by atoms with van der Waals surface area (Å²) < 4.78 is 12.5. The Kier molecular flexibility index (Phi) is 3.11. The third kappa shape index (κ3) is 2.04. The molecule has 0 aromatic carbocycles. The van der Waals surface area contributed by atoms with E-state index < -0.39 is 0 Å². The molecule has 0 bridgehead atoms. The molecular formula is C15H28O2. The largest absolute Gasteiger partial charge is 0.346 e. The zero-order valence-corrected chi connectivity index (χ0v) is 12.3. The Morgan fingerprint density at radius 1 is 1.06 bits per heavy atom. The molecule has 0 saturated carbocycles. The molecule has 0 radical (unpaired) electrons. The van der Waals surface area contributed by atoms with Crippen LogP contribution in [-0.2, 0) is 9.47 Å². The van der Waals surface area contributed by atoms with Gasteiger partial charge in [-0.2, -0.15) is 0 Å². The van der Waals surface area contributed by atoms with Crippen molar-refractivity contribution in [1.82, 2.24) is 0 Å². The molecule has 2 fully saturated rings. The van der Waals surface area contributed by atoms with E-state index in [4.69, 9.17) is 9.47 Å². The Balaban J connectivity index is 2.10. The molecule has 2 heteroatoms. The minimum Gasteiger partial charge on any atom is -0.346 e. The predicted molar refractivity (Wildman–Crippen MR) is 69.9 cm³/mol. The van der Waals surface area contributed by atoms with Crippen LogP contribution in [0.2, 0.25) is 0 Å². The predicted octanol–water partition coefficient (Wildman–Crippen LogP) is 4.13. The van der Waals surface area contributed by atoms with Gasteiger partial charge in [0.1, 0.15) is 0 Å². The van der Waals surface area contributed by atoms with Crippen molar-refractivity contribution < 1.29 is 9.47 Å². The highest BCUT2D eigenvalue weighted by Gasteiger charge is 2.56. The summed E-state index contributed by atoms with van der Waals surface area (Å²) in [6.07, 6.45) is 4.57. The number of ether oxygens (including phenoxy) is 2. The molecule has 2 saturated heterocycles. The standard InChI is InChI=1S/C15H28O2/c1-7-15(8-2)10-11-9-14(6,13(3,4)5)16-12(11)17-15/h11-12H,7-10H2,1-6H3/t11-,12+,14-/m0/s1. The molecule has 3 atom stereocenters. The second-order valence-corrected chi connectivity index (χ2v) is 7.14. The molecule has 0 N–H and O–H groups in total. The SMILES string of the molecule is CCC1(CC)C[C@@H]2C[C@@](C)(C(C)(C)C)O[C@@H]2O1. The van der Waals surface area contributed by atoms with Gasteiger partial charge in [-0.3, -0.25) is 0 Å². The molecule has 2 heterocycles. The summed E-state index contributed by atoms with van der Waals surface area (Å²) in [6.45, 7) is 13.5. The minimum atomic E-state index is -0.0318. The monoisotopic (exact) mass is 240 g/mol. The van der Waals surface area contributed by atoms with E-state index in [0.29, 0.717) is 5.92 Å². The molecule has 17 heavy (non-hydrogen) atoms. The van der Waals surface area contributed by atoms with Gasteiger partial charge in [-0.1, -0.05) is 34.6 Å². The van der Waals surface area contributed by atoms with E-state index in [1.54, 1.807) is 0 Å². The van der Waals surface area contributed by atoms with E-state index in [1.165, 1.54) is 6.42 Å². The van der Waals surface area contributed by atoms with E-state index in [1.807, 2.05) is 0 Å². The smallest absolute Gasteiger partial charge is 0.162 e. The van der Waals surface area contributed by atoms with E-state index in [-0.39, 0.29) is 22.9 Å². The van der Waals surface area contributed by atoms with Crippen molar-refractivity contribution in [3.05, 3.63) is 0 Å². The highest BCUT2D eigenvalue weighted by molar-refractivity contribution is 5.01. The first-order valence-corrected chi connectivity index (χ1v) is 7.11. The van der Waals surface area contributed by atoms with E-state index >= 15 is 0 Å². The van der Waals surface area contributed by atoms with Crippen LogP contribution in [0.1, 0.15) is 67.2 Å². The minimum absolute atomic E-state index is 0.0318. The van der Waals surface area contributed by atoms with Crippen molar-refractivity contribution in [2.45, 2.75) is 84.7 Å². The first kappa shape index (κ1) is 13.4. The molecule has 2 aliphatic rings. The summed E-state index contributed by atoms with van der Waals surface area (Å²) in [7, 11) is 0. The van der Waals surface area contributed by atoms with Gasteiger partial charge in [0, 0.05) is 5.92 Å².